The molecule has 0 radical (unpaired) electrons. The largest absolute Gasteiger partial charge is 0.302 e. The zero-order valence-electron chi connectivity index (χ0n) is 16.9. The number of hydrogen-bond donors (Lipinski definition) is 1. The van der Waals surface area contributed by atoms with Crippen LogP contribution in [0.4, 0.5) is 9.52 Å². The highest BCUT2D eigenvalue weighted by Crippen LogP contribution is 2.37. The van der Waals surface area contributed by atoms with Gasteiger partial charge in [-0.3, -0.25) is 14.6 Å². The maximum atomic E-state index is 13.2. The Kier molecular flexibility index (Phi) is 4.73. The Bertz CT molecular complexity index is 1350. The number of fused-ring (bicyclic) bond motifs is 3. The number of thiazole rings is 1. The lowest BCUT2D eigenvalue weighted by Gasteiger charge is -2.09. The van der Waals surface area contributed by atoms with E-state index in [4.69, 9.17) is 0 Å². The molecule has 2 atom stereocenters. The number of carbonyl (C=O) groups excluding carboxylic acids is 2. The molecule has 158 valence electrons. The number of halogens is 1. The van der Waals surface area contributed by atoms with Crippen LogP contribution in [0.25, 0.3) is 27.1 Å². The zero-order valence-corrected chi connectivity index (χ0v) is 17.7. The Hall–Kier alpha value is -3.27. The minimum absolute atomic E-state index is 0.0197. The molecule has 10 heteroatoms. The van der Waals surface area contributed by atoms with Gasteiger partial charge in [0.25, 0.3) is 0 Å². The van der Waals surface area contributed by atoms with Crippen LogP contribution in [0.5, 0.6) is 0 Å². The fourth-order valence-electron chi connectivity index (χ4n) is 3.58. The van der Waals surface area contributed by atoms with E-state index in [-0.39, 0.29) is 18.1 Å². The molecular weight excluding hydrogens is 419 g/mol. The monoisotopic (exact) mass is 438 g/mol. The summed E-state index contributed by atoms with van der Waals surface area (Å²) >= 11 is 1.26. The van der Waals surface area contributed by atoms with Crippen molar-refractivity contribution < 1.29 is 14.0 Å². The number of ketones is 1. The SMILES string of the molecule is CCCC(=O)c1cc(C)c(-c2cc3nc(NC(=O)[C@H]4C[C@H]4F)sc3n3ncnc23)cn1. The maximum Gasteiger partial charge on any atom is 0.232 e. The van der Waals surface area contributed by atoms with E-state index in [1.54, 1.807) is 16.8 Å². The summed E-state index contributed by atoms with van der Waals surface area (Å²) in [7, 11) is 0. The molecule has 5 rings (SSSR count). The second-order valence-electron chi connectivity index (χ2n) is 7.67. The number of aromatic nitrogens is 5. The fourth-order valence-corrected chi connectivity index (χ4v) is 4.48. The number of alkyl halides is 1. The molecule has 31 heavy (non-hydrogen) atoms. The summed E-state index contributed by atoms with van der Waals surface area (Å²) in [5.41, 5.74) is 4.20. The number of pyridine rings is 2. The molecule has 1 N–H and O–H groups in total. The van der Waals surface area contributed by atoms with Gasteiger partial charge >= 0.3 is 0 Å². The van der Waals surface area contributed by atoms with Crippen molar-refractivity contribution in [1.29, 1.82) is 0 Å². The van der Waals surface area contributed by atoms with Crippen molar-refractivity contribution in [3.05, 3.63) is 35.9 Å². The van der Waals surface area contributed by atoms with Crippen LogP contribution in [0.1, 0.15) is 42.2 Å². The lowest BCUT2D eigenvalue weighted by atomic mass is 10.0. The summed E-state index contributed by atoms with van der Waals surface area (Å²) in [6, 6.07) is 3.66. The number of hydrogen-bond acceptors (Lipinski definition) is 7. The molecule has 4 aromatic heterocycles. The van der Waals surface area contributed by atoms with E-state index >= 15 is 0 Å². The highest BCUT2D eigenvalue weighted by molar-refractivity contribution is 7.22. The average molecular weight is 438 g/mol. The number of carbonyl (C=O) groups is 2. The molecule has 8 nitrogen and oxygen atoms in total. The molecule has 1 fully saturated rings. The van der Waals surface area contributed by atoms with Crippen LogP contribution in [0.2, 0.25) is 0 Å². The van der Waals surface area contributed by atoms with Crippen molar-refractivity contribution in [3.63, 3.8) is 0 Å². The number of amides is 1. The molecular formula is C21H19FN6O2S. The first kappa shape index (κ1) is 19.7. The molecule has 0 spiro atoms. The number of nitrogens with zero attached hydrogens (tertiary/aromatic N) is 5. The van der Waals surface area contributed by atoms with Gasteiger partial charge in [0, 0.05) is 23.7 Å². The van der Waals surface area contributed by atoms with E-state index in [1.165, 1.54) is 17.7 Å². The third kappa shape index (κ3) is 3.46. The quantitative estimate of drug-likeness (QED) is 0.457. The van der Waals surface area contributed by atoms with Crippen molar-refractivity contribution in [2.45, 2.75) is 39.3 Å². The molecule has 1 amide bonds. The van der Waals surface area contributed by atoms with Crippen LogP contribution in [0.3, 0.4) is 0 Å². The normalized spacial score (nSPS) is 17.9. The highest BCUT2D eigenvalue weighted by Gasteiger charge is 2.43. The Labute approximate surface area is 180 Å². The van der Waals surface area contributed by atoms with E-state index in [9.17, 15) is 14.0 Å². The van der Waals surface area contributed by atoms with Crippen LogP contribution in [0.15, 0.2) is 24.7 Å². The molecule has 0 aromatic carbocycles. The van der Waals surface area contributed by atoms with Gasteiger partial charge in [0.1, 0.15) is 28.5 Å². The van der Waals surface area contributed by atoms with Gasteiger partial charge in [-0.2, -0.15) is 5.10 Å². The molecule has 0 unspecified atom stereocenters. The number of Topliss-reactive ketones (excluding diaryl/α,β-unsaturated/α-hetero) is 1. The minimum Gasteiger partial charge on any atom is -0.302 e. The first-order valence-corrected chi connectivity index (χ1v) is 10.9. The van der Waals surface area contributed by atoms with Gasteiger partial charge in [-0.15, -0.1) is 0 Å². The molecule has 4 heterocycles. The Balaban J connectivity index is 1.56. The summed E-state index contributed by atoms with van der Waals surface area (Å²) < 4.78 is 14.8. The van der Waals surface area contributed by atoms with Gasteiger partial charge in [-0.25, -0.2) is 18.9 Å². The number of rotatable bonds is 6. The van der Waals surface area contributed by atoms with Gasteiger partial charge in [0.2, 0.25) is 5.91 Å². The molecule has 1 aliphatic carbocycles. The topological polar surface area (TPSA) is 102 Å². The Morgan fingerprint density at radius 1 is 1.29 bits per heavy atom. The summed E-state index contributed by atoms with van der Waals surface area (Å²) in [4.78, 5) is 38.3. The smallest absolute Gasteiger partial charge is 0.232 e. The summed E-state index contributed by atoms with van der Waals surface area (Å²) in [6.07, 6.45) is 3.56. The van der Waals surface area contributed by atoms with E-state index in [0.29, 0.717) is 28.4 Å². The highest BCUT2D eigenvalue weighted by atomic mass is 32.1. The maximum absolute atomic E-state index is 13.2. The van der Waals surface area contributed by atoms with Gasteiger partial charge < -0.3 is 5.32 Å². The van der Waals surface area contributed by atoms with Gasteiger partial charge in [-0.05, 0) is 37.5 Å². The van der Waals surface area contributed by atoms with Crippen molar-refractivity contribution in [1.82, 2.24) is 24.6 Å². The Morgan fingerprint density at radius 2 is 2.10 bits per heavy atom. The summed E-state index contributed by atoms with van der Waals surface area (Å²) in [5.74, 6) is -0.920. The molecule has 4 aromatic rings. The second-order valence-corrected chi connectivity index (χ2v) is 8.65. The van der Waals surface area contributed by atoms with Crippen LogP contribution >= 0.6 is 11.3 Å². The lowest BCUT2D eigenvalue weighted by Crippen LogP contribution is -2.14. The van der Waals surface area contributed by atoms with Crippen molar-refractivity contribution in [2.24, 2.45) is 5.92 Å². The third-order valence-electron chi connectivity index (χ3n) is 5.34. The van der Waals surface area contributed by atoms with Crippen LogP contribution in [-0.4, -0.2) is 42.4 Å². The first-order chi connectivity index (χ1) is 15.0. The average Bonchev–Trinajstić information content (AvgIpc) is 3.12. The van der Waals surface area contributed by atoms with Crippen LogP contribution in [0, 0.1) is 12.8 Å². The molecule has 0 aliphatic heterocycles. The molecule has 1 saturated carbocycles. The van der Waals surface area contributed by atoms with Crippen molar-refractivity contribution in [3.8, 4) is 11.1 Å². The molecule has 1 aliphatic rings. The first-order valence-electron chi connectivity index (χ1n) is 10.0. The number of aryl methyl sites for hydroxylation is 1. The zero-order chi connectivity index (χ0) is 21.7. The summed E-state index contributed by atoms with van der Waals surface area (Å²) in [6.45, 7) is 3.88. The molecule has 0 saturated heterocycles. The van der Waals surface area contributed by atoms with E-state index in [1.807, 2.05) is 19.9 Å². The van der Waals surface area contributed by atoms with Gasteiger partial charge in [-0.1, -0.05) is 18.3 Å². The third-order valence-corrected chi connectivity index (χ3v) is 6.30. The van der Waals surface area contributed by atoms with Gasteiger partial charge in [0.05, 0.1) is 5.92 Å². The second kappa shape index (κ2) is 7.45. The number of nitrogens with one attached hydrogen (secondary N) is 1. The predicted molar refractivity (Wildman–Crippen MR) is 115 cm³/mol. The van der Waals surface area contributed by atoms with Gasteiger partial charge in [0.15, 0.2) is 16.6 Å². The fraction of sp³-hybridized carbons (Fsp3) is 0.333. The predicted octanol–water partition coefficient (Wildman–Crippen LogP) is 3.99. The Morgan fingerprint density at radius 3 is 2.81 bits per heavy atom. The van der Waals surface area contributed by atoms with E-state index in [0.717, 1.165) is 27.9 Å². The van der Waals surface area contributed by atoms with Crippen molar-refractivity contribution >= 4 is 44.2 Å². The van der Waals surface area contributed by atoms with E-state index in [2.05, 4.69) is 25.4 Å². The standard InChI is InChI=1S/C21H19FN6O2S/c1-3-4-17(29)15-5-10(2)13(8-23-15)11-7-16-20(28-18(11)24-9-25-28)31-21(26-16)27-19(30)12-6-14(12)22/h5,7-9,12,14H,3-4,6H2,1-2H3,(H,26,27,30)/t12-,14+/m0/s1. The minimum atomic E-state index is -1.06. The molecule has 0 bridgehead atoms. The van der Waals surface area contributed by atoms with Crippen molar-refractivity contribution in [2.75, 3.05) is 5.32 Å². The van der Waals surface area contributed by atoms with Crippen LogP contribution in [-0.2, 0) is 4.79 Å². The van der Waals surface area contributed by atoms with E-state index < -0.39 is 12.1 Å². The lowest BCUT2D eigenvalue weighted by molar-refractivity contribution is -0.117. The summed E-state index contributed by atoms with van der Waals surface area (Å²) in [5, 5.41) is 7.41. The van der Waals surface area contributed by atoms with Crippen LogP contribution < -0.4 is 5.32 Å². The number of anilines is 1.